The molecule has 1 heterocycles. The summed E-state index contributed by atoms with van der Waals surface area (Å²) in [6, 6.07) is 0. The minimum absolute atomic E-state index is 0.371. The van der Waals surface area contributed by atoms with Crippen LogP contribution in [0.2, 0.25) is 0 Å². The highest BCUT2D eigenvalue weighted by atomic mass is 19.4. The molecule has 1 saturated heterocycles. The molecule has 0 saturated carbocycles. The monoisotopic (exact) mass is 298 g/mol. The van der Waals surface area contributed by atoms with Crippen LogP contribution in [0.25, 0.3) is 0 Å². The van der Waals surface area contributed by atoms with Crippen LogP contribution < -0.4 is 0 Å². The predicted octanol–water partition coefficient (Wildman–Crippen LogP) is 0.638. The molecule has 2 N–H and O–H groups in total. The smallest absolute Gasteiger partial charge is 0.403 e. The van der Waals surface area contributed by atoms with Crippen molar-refractivity contribution in [1.82, 2.24) is 9.80 Å². The Kier molecular flexibility index (Phi) is 5.39. The lowest BCUT2D eigenvalue weighted by Crippen LogP contribution is -2.53. The average Bonchev–Trinajstić information content (AvgIpc) is 2.23. The highest BCUT2D eigenvalue weighted by Crippen LogP contribution is 2.27. The topological polar surface area (TPSA) is 64.0 Å². The maximum absolute atomic E-state index is 12.6. The Morgan fingerprint density at radius 3 is 1.95 bits per heavy atom. The fourth-order valence-corrected chi connectivity index (χ4v) is 2.26. The Hall–Kier alpha value is -0.860. The lowest BCUT2D eigenvalue weighted by Gasteiger charge is -2.38. The summed E-state index contributed by atoms with van der Waals surface area (Å²) in [5.74, 6) is -4.18. The molecule has 1 atom stereocenters. The summed E-state index contributed by atoms with van der Waals surface area (Å²) < 4.78 is 37.7. The maximum atomic E-state index is 12.6. The standard InChI is InChI=1S/C12H21F3N2O3/c1-11(2,20)8-17-5-3-16(4-6-17)7-9(10(18)19)12(13,14)15/h9,20H,3-8H2,1-2H3,(H,18,19). The molecular weight excluding hydrogens is 277 g/mol. The van der Waals surface area contributed by atoms with E-state index in [9.17, 15) is 23.1 Å². The van der Waals surface area contributed by atoms with E-state index in [0.717, 1.165) is 0 Å². The minimum atomic E-state index is -4.73. The zero-order valence-corrected chi connectivity index (χ0v) is 11.7. The molecule has 5 nitrogen and oxygen atoms in total. The number of nitrogens with zero attached hydrogens (tertiary/aromatic N) is 2. The number of hydrogen-bond donors (Lipinski definition) is 2. The van der Waals surface area contributed by atoms with Gasteiger partial charge in [0.25, 0.3) is 0 Å². The number of carbonyl (C=O) groups is 1. The predicted molar refractivity (Wildman–Crippen MR) is 66.4 cm³/mol. The van der Waals surface area contributed by atoms with Crippen LogP contribution in [0.15, 0.2) is 0 Å². The number of halogens is 3. The SMILES string of the molecule is CC(C)(O)CN1CCN(CC(C(=O)O)C(F)(F)F)CC1. The molecule has 0 aromatic rings. The second-order valence-corrected chi connectivity index (χ2v) is 5.82. The number of carboxylic acids is 1. The van der Waals surface area contributed by atoms with Crippen molar-refractivity contribution in [3.63, 3.8) is 0 Å². The molecule has 0 radical (unpaired) electrons. The quantitative estimate of drug-likeness (QED) is 0.780. The van der Waals surface area contributed by atoms with Gasteiger partial charge in [-0.25, -0.2) is 0 Å². The molecular formula is C12H21F3N2O3. The molecule has 20 heavy (non-hydrogen) atoms. The van der Waals surface area contributed by atoms with E-state index in [0.29, 0.717) is 32.7 Å². The zero-order chi connectivity index (χ0) is 15.6. The van der Waals surface area contributed by atoms with Gasteiger partial charge in [-0.2, -0.15) is 13.2 Å². The molecule has 0 aromatic carbocycles. The number of β-amino-alcohol motifs (C(OH)–C–C–N with tert-alkyl or cyclic N) is 1. The Morgan fingerprint density at radius 2 is 1.60 bits per heavy atom. The number of carboxylic acid groups (broad SMARTS) is 1. The van der Waals surface area contributed by atoms with E-state index in [2.05, 4.69) is 0 Å². The van der Waals surface area contributed by atoms with Crippen molar-refractivity contribution in [2.45, 2.75) is 25.6 Å². The fourth-order valence-electron chi connectivity index (χ4n) is 2.26. The van der Waals surface area contributed by atoms with Crippen molar-refractivity contribution >= 4 is 5.97 Å². The maximum Gasteiger partial charge on any atom is 0.403 e. The third-order valence-electron chi connectivity index (χ3n) is 3.21. The van der Waals surface area contributed by atoms with E-state index in [1.54, 1.807) is 13.8 Å². The van der Waals surface area contributed by atoms with E-state index >= 15 is 0 Å². The van der Waals surface area contributed by atoms with Crippen molar-refractivity contribution in [1.29, 1.82) is 0 Å². The number of alkyl halides is 3. The Balaban J connectivity index is 2.47. The summed E-state index contributed by atoms with van der Waals surface area (Å²) in [6.45, 7) is 5.05. The lowest BCUT2D eigenvalue weighted by atomic mass is 10.1. The van der Waals surface area contributed by atoms with Crippen LogP contribution in [0, 0.1) is 5.92 Å². The zero-order valence-electron chi connectivity index (χ0n) is 11.7. The summed E-state index contributed by atoms with van der Waals surface area (Å²) in [5, 5.41) is 18.3. The van der Waals surface area contributed by atoms with Crippen molar-refractivity contribution < 1.29 is 28.2 Å². The molecule has 0 aromatic heterocycles. The molecule has 0 spiro atoms. The highest BCUT2D eigenvalue weighted by Gasteiger charge is 2.46. The average molecular weight is 298 g/mol. The van der Waals surface area contributed by atoms with Gasteiger partial charge in [-0.3, -0.25) is 14.6 Å². The molecule has 1 unspecified atom stereocenters. The first-order chi connectivity index (χ1) is 8.99. The molecule has 8 heteroatoms. The summed E-state index contributed by atoms with van der Waals surface area (Å²) in [4.78, 5) is 14.1. The van der Waals surface area contributed by atoms with E-state index < -0.39 is 30.2 Å². The second kappa shape index (κ2) is 6.28. The van der Waals surface area contributed by atoms with E-state index in [4.69, 9.17) is 5.11 Å². The molecule has 0 bridgehead atoms. The van der Waals surface area contributed by atoms with Crippen molar-refractivity contribution in [2.24, 2.45) is 5.92 Å². The molecule has 1 aliphatic heterocycles. The lowest BCUT2D eigenvalue weighted by molar-refractivity contribution is -0.197. The number of aliphatic carboxylic acids is 1. The normalized spacial score (nSPS) is 20.9. The van der Waals surface area contributed by atoms with Gasteiger partial charge in [0.1, 0.15) is 0 Å². The molecule has 1 rings (SSSR count). The van der Waals surface area contributed by atoms with E-state index in [1.807, 2.05) is 4.90 Å². The fraction of sp³-hybridized carbons (Fsp3) is 0.917. The van der Waals surface area contributed by atoms with Crippen molar-refractivity contribution in [2.75, 3.05) is 39.3 Å². The highest BCUT2D eigenvalue weighted by molar-refractivity contribution is 5.71. The Labute approximate surface area is 116 Å². The van der Waals surface area contributed by atoms with Gasteiger partial charge in [0.2, 0.25) is 0 Å². The molecule has 118 valence electrons. The van der Waals surface area contributed by atoms with Crippen LogP contribution >= 0.6 is 0 Å². The van der Waals surface area contributed by atoms with Gasteiger partial charge in [0, 0.05) is 39.3 Å². The first-order valence-electron chi connectivity index (χ1n) is 6.45. The number of piperazine rings is 1. The van der Waals surface area contributed by atoms with Gasteiger partial charge in [0.05, 0.1) is 5.60 Å². The van der Waals surface area contributed by atoms with Crippen LogP contribution in [-0.2, 0) is 4.79 Å². The van der Waals surface area contributed by atoms with Gasteiger partial charge in [0.15, 0.2) is 5.92 Å². The summed E-state index contributed by atoms with van der Waals surface area (Å²) in [7, 11) is 0. The summed E-state index contributed by atoms with van der Waals surface area (Å²) >= 11 is 0. The van der Waals surface area contributed by atoms with Crippen molar-refractivity contribution in [3.05, 3.63) is 0 Å². The number of rotatable bonds is 5. The summed E-state index contributed by atoms with van der Waals surface area (Å²) in [6.07, 6.45) is -4.73. The van der Waals surface area contributed by atoms with E-state index in [1.165, 1.54) is 4.90 Å². The first-order valence-corrected chi connectivity index (χ1v) is 6.45. The Bertz CT molecular complexity index is 334. The number of aliphatic hydroxyl groups is 1. The van der Waals surface area contributed by atoms with Gasteiger partial charge in [-0.1, -0.05) is 0 Å². The van der Waals surface area contributed by atoms with Crippen LogP contribution in [0.1, 0.15) is 13.8 Å². The third-order valence-corrected chi connectivity index (χ3v) is 3.21. The third kappa shape index (κ3) is 5.64. The molecule has 1 fully saturated rings. The second-order valence-electron chi connectivity index (χ2n) is 5.82. The van der Waals surface area contributed by atoms with E-state index in [-0.39, 0.29) is 0 Å². The first kappa shape index (κ1) is 17.2. The molecule has 1 aliphatic rings. The van der Waals surface area contributed by atoms with Gasteiger partial charge < -0.3 is 10.2 Å². The van der Waals surface area contributed by atoms with Gasteiger partial charge >= 0.3 is 12.1 Å². The largest absolute Gasteiger partial charge is 0.481 e. The number of hydrogen-bond acceptors (Lipinski definition) is 4. The minimum Gasteiger partial charge on any atom is -0.481 e. The van der Waals surface area contributed by atoms with Crippen LogP contribution in [0.5, 0.6) is 0 Å². The summed E-state index contributed by atoms with van der Waals surface area (Å²) in [5.41, 5.74) is -0.849. The van der Waals surface area contributed by atoms with Gasteiger partial charge in [-0.05, 0) is 13.8 Å². The Morgan fingerprint density at radius 1 is 1.15 bits per heavy atom. The van der Waals surface area contributed by atoms with Crippen LogP contribution in [0.4, 0.5) is 13.2 Å². The van der Waals surface area contributed by atoms with Gasteiger partial charge in [-0.15, -0.1) is 0 Å². The van der Waals surface area contributed by atoms with Crippen LogP contribution in [-0.4, -0.2) is 77.0 Å². The molecule has 0 amide bonds. The molecule has 0 aliphatic carbocycles. The van der Waals surface area contributed by atoms with Crippen LogP contribution in [0.3, 0.4) is 0 Å². The van der Waals surface area contributed by atoms with Crippen molar-refractivity contribution in [3.8, 4) is 0 Å².